The van der Waals surface area contributed by atoms with Crippen LogP contribution in [0, 0.1) is 0 Å². The number of ether oxygens (including phenoxy) is 3. The van der Waals surface area contributed by atoms with Gasteiger partial charge in [0.1, 0.15) is 19.8 Å². The van der Waals surface area contributed by atoms with Gasteiger partial charge in [0.15, 0.2) is 11.5 Å². The molecule has 0 saturated heterocycles. The SMILES string of the molecule is CCCCCCCCCCCCCCCCN1c2ccccc2Sc2cc(/C=N/NC(=O)c3cc(OCc4ccccc4)c(OCc4ccccc4)c(OCc4ccccc4)c3)ccc21. The van der Waals surface area contributed by atoms with Gasteiger partial charge in [0.2, 0.25) is 5.75 Å². The molecular formula is C57H65N3O4S. The Hall–Kier alpha value is -5.99. The van der Waals surface area contributed by atoms with E-state index in [1.807, 2.05) is 91.0 Å². The summed E-state index contributed by atoms with van der Waals surface area (Å²) < 4.78 is 19.2. The summed E-state index contributed by atoms with van der Waals surface area (Å²) in [4.78, 5) is 18.8. The van der Waals surface area contributed by atoms with Crippen molar-refractivity contribution in [2.24, 2.45) is 5.10 Å². The summed E-state index contributed by atoms with van der Waals surface area (Å²) in [6.07, 6.45) is 20.6. The molecule has 0 bridgehead atoms. The van der Waals surface area contributed by atoms with Crippen molar-refractivity contribution in [1.82, 2.24) is 5.43 Å². The number of anilines is 2. The van der Waals surface area contributed by atoms with Crippen molar-refractivity contribution >= 4 is 35.3 Å². The van der Waals surface area contributed by atoms with Gasteiger partial charge in [-0.1, -0.05) is 211 Å². The highest BCUT2D eigenvalue weighted by Gasteiger charge is 2.24. The third kappa shape index (κ3) is 14.8. The first-order chi connectivity index (χ1) is 32.1. The number of carbonyl (C=O) groups excluding carboxylic acids is 1. The Labute approximate surface area is 391 Å². The highest BCUT2D eigenvalue weighted by atomic mass is 32.2. The molecule has 338 valence electrons. The molecule has 7 rings (SSSR count). The lowest BCUT2D eigenvalue weighted by Crippen LogP contribution is -2.22. The van der Waals surface area contributed by atoms with Gasteiger partial charge in [0.05, 0.1) is 17.6 Å². The summed E-state index contributed by atoms with van der Waals surface area (Å²) >= 11 is 1.78. The van der Waals surface area contributed by atoms with Crippen LogP contribution < -0.4 is 24.5 Å². The predicted molar refractivity (Wildman–Crippen MR) is 268 cm³/mol. The third-order valence-electron chi connectivity index (χ3n) is 11.7. The van der Waals surface area contributed by atoms with Crippen LogP contribution in [0.25, 0.3) is 0 Å². The van der Waals surface area contributed by atoms with Gasteiger partial charge in [-0.15, -0.1) is 0 Å². The van der Waals surface area contributed by atoms with Crippen LogP contribution in [0.1, 0.15) is 129 Å². The second-order valence-electron chi connectivity index (χ2n) is 16.9. The molecule has 0 aliphatic carbocycles. The van der Waals surface area contributed by atoms with E-state index in [-0.39, 0.29) is 13.2 Å². The van der Waals surface area contributed by atoms with Crippen LogP contribution in [-0.2, 0) is 19.8 Å². The lowest BCUT2D eigenvalue weighted by Gasteiger charge is -2.33. The van der Waals surface area contributed by atoms with Crippen molar-refractivity contribution in [3.05, 3.63) is 173 Å². The zero-order valence-corrected chi connectivity index (χ0v) is 38.9. The van der Waals surface area contributed by atoms with Crippen molar-refractivity contribution in [3.8, 4) is 17.2 Å². The minimum Gasteiger partial charge on any atom is -0.485 e. The number of amides is 1. The van der Waals surface area contributed by atoms with Gasteiger partial charge in [-0.3, -0.25) is 4.79 Å². The van der Waals surface area contributed by atoms with E-state index >= 15 is 0 Å². The Morgan fingerprint density at radius 2 is 1.02 bits per heavy atom. The van der Waals surface area contributed by atoms with Gasteiger partial charge < -0.3 is 19.1 Å². The number of unbranched alkanes of at least 4 members (excludes halogenated alkanes) is 13. The number of hydrogen-bond acceptors (Lipinski definition) is 7. The van der Waals surface area contributed by atoms with E-state index in [0.29, 0.717) is 29.4 Å². The predicted octanol–water partition coefficient (Wildman–Crippen LogP) is 15.3. The molecule has 0 aromatic heterocycles. The molecule has 6 aromatic carbocycles. The van der Waals surface area contributed by atoms with Crippen molar-refractivity contribution < 1.29 is 19.0 Å². The Kier molecular flexibility index (Phi) is 18.9. The fourth-order valence-corrected chi connectivity index (χ4v) is 9.27. The van der Waals surface area contributed by atoms with Crippen molar-refractivity contribution in [3.63, 3.8) is 0 Å². The van der Waals surface area contributed by atoms with Crippen LogP contribution in [0.4, 0.5) is 11.4 Å². The molecule has 1 heterocycles. The molecule has 0 fully saturated rings. The molecule has 1 N–H and O–H groups in total. The summed E-state index contributed by atoms with van der Waals surface area (Å²) in [5.74, 6) is 0.822. The number of benzene rings is 6. The topological polar surface area (TPSA) is 72.4 Å². The summed E-state index contributed by atoms with van der Waals surface area (Å²) in [7, 11) is 0. The first kappa shape index (κ1) is 47.0. The molecule has 1 aliphatic heterocycles. The fourth-order valence-electron chi connectivity index (χ4n) is 8.13. The van der Waals surface area contributed by atoms with Gasteiger partial charge in [-0.2, -0.15) is 5.10 Å². The van der Waals surface area contributed by atoms with Crippen LogP contribution in [0.15, 0.2) is 160 Å². The van der Waals surface area contributed by atoms with E-state index in [2.05, 4.69) is 64.8 Å². The Morgan fingerprint density at radius 1 is 0.538 bits per heavy atom. The fraction of sp³-hybridized carbons (Fsp3) is 0.333. The molecule has 7 nitrogen and oxygen atoms in total. The third-order valence-corrected chi connectivity index (χ3v) is 12.9. The van der Waals surface area contributed by atoms with Gasteiger partial charge in [-0.05, 0) is 65.1 Å². The molecule has 0 atom stereocenters. The molecule has 1 aliphatic rings. The molecule has 0 saturated carbocycles. The maximum Gasteiger partial charge on any atom is 0.271 e. The lowest BCUT2D eigenvalue weighted by atomic mass is 10.0. The van der Waals surface area contributed by atoms with Gasteiger partial charge in [0, 0.05) is 21.9 Å². The molecule has 1 amide bonds. The minimum atomic E-state index is -0.398. The lowest BCUT2D eigenvalue weighted by molar-refractivity contribution is 0.0953. The molecule has 0 spiro atoms. The number of fused-ring (bicyclic) bond motifs is 2. The zero-order chi connectivity index (χ0) is 44.7. The van der Waals surface area contributed by atoms with Crippen molar-refractivity contribution in [1.29, 1.82) is 0 Å². The Morgan fingerprint density at radius 3 is 1.57 bits per heavy atom. The minimum absolute atomic E-state index is 0.279. The van der Waals surface area contributed by atoms with E-state index in [1.165, 1.54) is 105 Å². The van der Waals surface area contributed by atoms with Gasteiger partial charge in [0.25, 0.3) is 5.91 Å². The van der Waals surface area contributed by atoms with E-state index in [9.17, 15) is 4.79 Å². The Bertz CT molecular complexity index is 2310. The number of hydrazone groups is 1. The highest BCUT2D eigenvalue weighted by molar-refractivity contribution is 7.99. The van der Waals surface area contributed by atoms with Crippen LogP contribution in [-0.4, -0.2) is 18.7 Å². The van der Waals surface area contributed by atoms with E-state index in [1.54, 1.807) is 30.1 Å². The van der Waals surface area contributed by atoms with Crippen LogP contribution in [0.5, 0.6) is 17.2 Å². The number of rotatable bonds is 27. The Balaban J connectivity index is 0.992. The zero-order valence-electron chi connectivity index (χ0n) is 38.1. The summed E-state index contributed by atoms with van der Waals surface area (Å²) in [6, 6.07) is 48.3. The number of hydrogen-bond donors (Lipinski definition) is 1. The average Bonchev–Trinajstić information content (AvgIpc) is 3.35. The first-order valence-corrected chi connectivity index (χ1v) is 24.7. The number of nitrogens with zero attached hydrogens (tertiary/aromatic N) is 2. The van der Waals surface area contributed by atoms with Crippen molar-refractivity contribution in [2.45, 2.75) is 126 Å². The number of nitrogens with one attached hydrogen (secondary N) is 1. The first-order valence-electron chi connectivity index (χ1n) is 23.8. The smallest absolute Gasteiger partial charge is 0.271 e. The van der Waals surface area contributed by atoms with Crippen LogP contribution in [0.2, 0.25) is 0 Å². The molecule has 6 aromatic rings. The van der Waals surface area contributed by atoms with Crippen molar-refractivity contribution in [2.75, 3.05) is 11.4 Å². The molecular weight excluding hydrogens is 823 g/mol. The molecule has 65 heavy (non-hydrogen) atoms. The summed E-state index contributed by atoms with van der Waals surface area (Å²) in [5.41, 5.74) is 9.43. The number of carbonyl (C=O) groups is 1. The van der Waals surface area contributed by atoms with Crippen LogP contribution in [0.3, 0.4) is 0 Å². The largest absolute Gasteiger partial charge is 0.485 e. The van der Waals surface area contributed by atoms with Crippen LogP contribution >= 0.6 is 11.8 Å². The summed E-state index contributed by atoms with van der Waals surface area (Å²) in [5, 5.41) is 4.43. The quantitative estimate of drug-likeness (QED) is 0.0316. The van der Waals surface area contributed by atoms with E-state index in [0.717, 1.165) is 35.2 Å². The summed E-state index contributed by atoms with van der Waals surface area (Å²) in [6.45, 7) is 4.12. The molecule has 0 unspecified atom stereocenters. The second kappa shape index (κ2) is 26.1. The average molecular weight is 888 g/mol. The van der Waals surface area contributed by atoms with E-state index < -0.39 is 5.91 Å². The second-order valence-corrected chi connectivity index (χ2v) is 18.0. The van der Waals surface area contributed by atoms with Gasteiger partial charge in [-0.25, -0.2) is 5.43 Å². The standard InChI is InChI=1S/C57H65N3O4S/c1-2-3-4-5-6-7-8-9-10-11-12-13-14-26-37-60-50-33-24-25-34-54(50)65-55-38-48(35-36-51(55)60)41-58-59-57(61)49-39-52(62-42-45-27-18-15-19-28-45)56(64-44-47-31-22-17-23-32-47)53(40-49)63-43-46-29-20-16-21-30-46/h15-25,27-36,38-41H,2-14,26,37,42-44H2,1H3,(H,59,61)/b58-41+. The molecule has 0 radical (unpaired) electrons. The molecule has 8 heteroatoms. The highest BCUT2D eigenvalue weighted by Crippen LogP contribution is 2.48. The van der Waals surface area contributed by atoms with E-state index in [4.69, 9.17) is 14.2 Å². The monoisotopic (exact) mass is 887 g/mol. The maximum absolute atomic E-state index is 13.9. The maximum atomic E-state index is 13.9. The van der Waals surface area contributed by atoms with Gasteiger partial charge >= 0.3 is 0 Å². The normalized spacial score (nSPS) is 11.9. The number of para-hydroxylation sites is 1.